The monoisotopic (exact) mass is 361 g/mol. The first-order valence-corrected chi connectivity index (χ1v) is 7.49. The molecule has 1 aromatic rings. The maximum Gasteiger partial charge on any atom is 0.277 e. The predicted molar refractivity (Wildman–Crippen MR) is 89.0 cm³/mol. The summed E-state index contributed by atoms with van der Waals surface area (Å²) in [6.45, 7) is 1.01. The third-order valence-corrected chi connectivity index (χ3v) is 3.90. The van der Waals surface area contributed by atoms with E-state index < -0.39 is 30.8 Å². The van der Waals surface area contributed by atoms with E-state index in [0.29, 0.717) is 6.54 Å². The average Bonchev–Trinajstić information content (AvgIpc) is 2.88. The lowest BCUT2D eigenvalue weighted by Gasteiger charge is -2.18. The van der Waals surface area contributed by atoms with Crippen LogP contribution in [0.1, 0.15) is 17.5 Å². The normalized spacial score (nSPS) is 17.6. The van der Waals surface area contributed by atoms with Crippen LogP contribution in [0, 0.1) is 12.8 Å². The van der Waals surface area contributed by atoms with E-state index in [4.69, 9.17) is 5.73 Å². The van der Waals surface area contributed by atoms with Crippen LogP contribution in [0.2, 0.25) is 0 Å². The number of benzene rings is 1. The summed E-state index contributed by atoms with van der Waals surface area (Å²) in [5.41, 5.74) is 7.02. The molecule has 5 nitrogen and oxygen atoms in total. The van der Waals surface area contributed by atoms with Crippen LogP contribution in [0.25, 0.3) is 0 Å². The Labute approximate surface area is 146 Å². The van der Waals surface area contributed by atoms with Gasteiger partial charge in [-0.25, -0.2) is 8.78 Å². The third kappa shape index (κ3) is 5.42. The molecule has 2 rings (SSSR count). The number of hydrogen-bond acceptors (Lipinski definition) is 3. The minimum Gasteiger partial charge on any atom is -0.350 e. The summed E-state index contributed by atoms with van der Waals surface area (Å²) in [5, 5.41) is 2.18. The molecule has 0 spiro atoms. The molecular weight excluding hydrogens is 340 g/mol. The van der Waals surface area contributed by atoms with Gasteiger partial charge in [0, 0.05) is 19.5 Å². The first-order chi connectivity index (χ1) is 10.8. The molecule has 1 saturated heterocycles. The largest absolute Gasteiger partial charge is 0.350 e. The van der Waals surface area contributed by atoms with Crippen molar-refractivity contribution in [3.63, 3.8) is 0 Å². The van der Waals surface area contributed by atoms with Crippen molar-refractivity contribution in [2.24, 2.45) is 11.7 Å². The van der Waals surface area contributed by atoms with Crippen LogP contribution in [0.4, 0.5) is 8.78 Å². The van der Waals surface area contributed by atoms with E-state index in [9.17, 15) is 18.4 Å². The number of hydrogen-bond donors (Lipinski definition) is 2. The van der Waals surface area contributed by atoms with Crippen LogP contribution in [0.5, 0.6) is 0 Å². The third-order valence-electron chi connectivity index (χ3n) is 3.90. The summed E-state index contributed by atoms with van der Waals surface area (Å²) in [5.74, 6) is -4.39. The highest BCUT2D eigenvalue weighted by molar-refractivity contribution is 5.89. The molecule has 134 valence electrons. The van der Waals surface area contributed by atoms with Crippen LogP contribution in [-0.2, 0) is 16.1 Å². The molecule has 8 heteroatoms. The minimum absolute atomic E-state index is 0. The Morgan fingerprint density at radius 3 is 2.58 bits per heavy atom. The van der Waals surface area contributed by atoms with E-state index in [2.05, 4.69) is 5.32 Å². The molecule has 1 atom stereocenters. The lowest BCUT2D eigenvalue weighted by Crippen LogP contribution is -2.43. The number of aryl methyl sites for hydroxylation is 1. The van der Waals surface area contributed by atoms with Crippen molar-refractivity contribution in [2.75, 3.05) is 19.6 Å². The van der Waals surface area contributed by atoms with Gasteiger partial charge < -0.3 is 16.0 Å². The number of alkyl halides is 2. The molecule has 1 unspecified atom stereocenters. The number of nitrogens with zero attached hydrogens (tertiary/aromatic N) is 1. The van der Waals surface area contributed by atoms with Gasteiger partial charge in [-0.3, -0.25) is 9.59 Å². The second-order valence-electron chi connectivity index (χ2n) is 5.94. The highest BCUT2D eigenvalue weighted by Gasteiger charge is 2.35. The standard InChI is InChI=1S/C16H21F2N3O2.ClH/c1-11-2-4-12(5-3-11)7-21-8-13(6-14(21)22)15(23)20-10-16(17,18)9-19;/h2-5,13H,6-10,19H2,1H3,(H,20,23);1H. The quantitative estimate of drug-likeness (QED) is 0.805. The fourth-order valence-electron chi connectivity index (χ4n) is 2.45. The van der Waals surface area contributed by atoms with Crippen molar-refractivity contribution in [3.8, 4) is 0 Å². The van der Waals surface area contributed by atoms with Gasteiger partial charge in [0.25, 0.3) is 5.92 Å². The first kappa shape index (κ1) is 20.3. The molecule has 1 aliphatic heterocycles. The Kier molecular flexibility index (Phi) is 7.10. The summed E-state index contributed by atoms with van der Waals surface area (Å²) in [6.07, 6.45) is 0.0475. The van der Waals surface area contributed by atoms with Gasteiger partial charge in [-0.1, -0.05) is 29.8 Å². The summed E-state index contributed by atoms with van der Waals surface area (Å²) in [6, 6.07) is 7.76. The fraction of sp³-hybridized carbons (Fsp3) is 0.500. The lowest BCUT2D eigenvalue weighted by atomic mass is 10.1. The second kappa shape index (κ2) is 8.39. The summed E-state index contributed by atoms with van der Waals surface area (Å²) in [7, 11) is 0. The van der Waals surface area contributed by atoms with Crippen LogP contribution in [0.15, 0.2) is 24.3 Å². The van der Waals surface area contributed by atoms with Crippen LogP contribution < -0.4 is 11.1 Å². The Morgan fingerprint density at radius 1 is 1.38 bits per heavy atom. The zero-order valence-corrected chi connectivity index (χ0v) is 14.2. The number of nitrogens with two attached hydrogens (primary N) is 1. The van der Waals surface area contributed by atoms with Crippen LogP contribution in [-0.4, -0.2) is 42.3 Å². The van der Waals surface area contributed by atoms with Crippen molar-refractivity contribution in [1.29, 1.82) is 0 Å². The number of likely N-dealkylation sites (tertiary alicyclic amines) is 1. The first-order valence-electron chi connectivity index (χ1n) is 7.49. The number of carbonyl (C=O) groups excluding carboxylic acids is 2. The van der Waals surface area contributed by atoms with Crippen molar-refractivity contribution < 1.29 is 18.4 Å². The van der Waals surface area contributed by atoms with E-state index in [1.165, 1.54) is 0 Å². The zero-order valence-electron chi connectivity index (χ0n) is 13.4. The maximum absolute atomic E-state index is 13.1. The van der Waals surface area contributed by atoms with Gasteiger partial charge in [0.2, 0.25) is 11.8 Å². The van der Waals surface area contributed by atoms with Gasteiger partial charge in [0.05, 0.1) is 19.0 Å². The SMILES string of the molecule is Cc1ccc(CN2CC(C(=O)NCC(F)(F)CN)CC2=O)cc1.Cl. The van der Waals surface area contributed by atoms with Crippen molar-refractivity contribution in [2.45, 2.75) is 25.8 Å². The highest BCUT2D eigenvalue weighted by atomic mass is 35.5. The molecule has 2 amide bonds. The topological polar surface area (TPSA) is 75.4 Å². The maximum atomic E-state index is 13.1. The highest BCUT2D eigenvalue weighted by Crippen LogP contribution is 2.21. The van der Waals surface area contributed by atoms with Gasteiger partial charge in [-0.15, -0.1) is 12.4 Å². The number of amides is 2. The second-order valence-corrected chi connectivity index (χ2v) is 5.94. The molecule has 24 heavy (non-hydrogen) atoms. The molecule has 0 aliphatic carbocycles. The van der Waals surface area contributed by atoms with Gasteiger partial charge in [-0.05, 0) is 12.5 Å². The summed E-state index contributed by atoms with van der Waals surface area (Å²) in [4.78, 5) is 25.5. The van der Waals surface area contributed by atoms with Gasteiger partial charge in [-0.2, -0.15) is 0 Å². The number of halogens is 3. The molecule has 1 aliphatic rings. The van der Waals surface area contributed by atoms with Crippen LogP contribution in [0.3, 0.4) is 0 Å². The van der Waals surface area contributed by atoms with Crippen LogP contribution >= 0.6 is 12.4 Å². The molecule has 0 saturated carbocycles. The summed E-state index contributed by atoms with van der Waals surface area (Å²) < 4.78 is 26.1. The Hall–Kier alpha value is -1.73. The minimum atomic E-state index is -3.13. The van der Waals surface area contributed by atoms with Gasteiger partial charge in [0.15, 0.2) is 0 Å². The van der Waals surface area contributed by atoms with E-state index in [-0.39, 0.29) is 31.3 Å². The molecule has 0 bridgehead atoms. The molecular formula is C16H22ClF2N3O2. The lowest BCUT2D eigenvalue weighted by molar-refractivity contribution is -0.129. The molecule has 0 radical (unpaired) electrons. The molecule has 0 aromatic heterocycles. The predicted octanol–water partition coefficient (Wildman–Crippen LogP) is 1.48. The van der Waals surface area contributed by atoms with Crippen molar-refractivity contribution in [1.82, 2.24) is 10.2 Å². The van der Waals surface area contributed by atoms with Crippen molar-refractivity contribution in [3.05, 3.63) is 35.4 Å². The zero-order chi connectivity index (χ0) is 17.0. The molecule has 1 aromatic carbocycles. The van der Waals surface area contributed by atoms with Crippen molar-refractivity contribution >= 4 is 24.2 Å². The van der Waals surface area contributed by atoms with E-state index >= 15 is 0 Å². The van der Waals surface area contributed by atoms with E-state index in [1.807, 2.05) is 31.2 Å². The number of rotatable bonds is 6. The smallest absolute Gasteiger partial charge is 0.277 e. The molecule has 3 N–H and O–H groups in total. The van der Waals surface area contributed by atoms with E-state index in [1.54, 1.807) is 4.90 Å². The van der Waals surface area contributed by atoms with Gasteiger partial charge >= 0.3 is 0 Å². The Morgan fingerprint density at radius 2 is 2.00 bits per heavy atom. The Balaban J connectivity index is 0.00000288. The Bertz CT molecular complexity index is 581. The fourth-order valence-corrected chi connectivity index (χ4v) is 2.45. The average molecular weight is 362 g/mol. The molecule has 1 heterocycles. The van der Waals surface area contributed by atoms with E-state index in [0.717, 1.165) is 11.1 Å². The number of nitrogens with one attached hydrogen (secondary N) is 1. The number of carbonyl (C=O) groups is 2. The summed E-state index contributed by atoms with van der Waals surface area (Å²) >= 11 is 0. The van der Waals surface area contributed by atoms with Gasteiger partial charge in [0.1, 0.15) is 0 Å². The molecule has 1 fully saturated rings.